The van der Waals surface area contributed by atoms with Gasteiger partial charge in [0, 0.05) is 23.6 Å². The summed E-state index contributed by atoms with van der Waals surface area (Å²) in [4.78, 5) is 37.4. The Morgan fingerprint density at radius 3 is 2.37 bits per heavy atom. The molecule has 0 aliphatic heterocycles. The van der Waals surface area contributed by atoms with E-state index in [2.05, 4.69) is 27.4 Å². The first-order valence-corrected chi connectivity index (χ1v) is 12.6. The van der Waals surface area contributed by atoms with Crippen LogP contribution in [-0.4, -0.2) is 27.8 Å². The Labute approximate surface area is 221 Å². The smallest absolute Gasteiger partial charge is 0.296 e. The highest BCUT2D eigenvalue weighted by Gasteiger charge is 2.35. The molecule has 2 aromatic heterocycles. The molecule has 1 aliphatic carbocycles. The quantitative estimate of drug-likeness (QED) is 0.322. The Morgan fingerprint density at radius 1 is 0.921 bits per heavy atom. The van der Waals surface area contributed by atoms with Crippen molar-refractivity contribution in [3.05, 3.63) is 127 Å². The fraction of sp³-hybridized carbons (Fsp3) is 0.161. The standard InChI is InChI=1S/C31H28N4O3/c1-22(23-9-4-2-5-10-23)34-30(36)29(26-13-8-18-32-19-26)35(31(37)28-20-33-21-38-28)27-16-14-25(15-17-27)24-11-6-3-7-12-24/h3-4,6-22,29H,2,5H2,1H3,(H,34,36)/t22-,29?/m0/s1. The molecule has 0 spiro atoms. The molecule has 7 heteroatoms. The molecule has 2 heterocycles. The van der Waals surface area contributed by atoms with Crippen molar-refractivity contribution in [2.75, 3.05) is 4.90 Å². The fourth-order valence-corrected chi connectivity index (χ4v) is 4.55. The number of hydrogen-bond acceptors (Lipinski definition) is 5. The zero-order chi connectivity index (χ0) is 26.3. The number of benzene rings is 2. The van der Waals surface area contributed by atoms with Gasteiger partial charge >= 0.3 is 0 Å². The lowest BCUT2D eigenvalue weighted by atomic mass is 9.99. The highest BCUT2D eigenvalue weighted by atomic mass is 16.3. The number of pyridine rings is 1. The van der Waals surface area contributed by atoms with E-state index in [1.807, 2.05) is 67.6 Å². The van der Waals surface area contributed by atoms with E-state index in [4.69, 9.17) is 4.42 Å². The molecule has 1 aliphatic rings. The van der Waals surface area contributed by atoms with Gasteiger partial charge in [0.25, 0.3) is 5.91 Å². The van der Waals surface area contributed by atoms with Crippen LogP contribution in [0.2, 0.25) is 0 Å². The average molecular weight is 505 g/mol. The van der Waals surface area contributed by atoms with Crippen molar-refractivity contribution < 1.29 is 14.0 Å². The predicted octanol–water partition coefficient (Wildman–Crippen LogP) is 5.91. The summed E-state index contributed by atoms with van der Waals surface area (Å²) >= 11 is 0. The third-order valence-corrected chi connectivity index (χ3v) is 6.50. The van der Waals surface area contributed by atoms with Crippen molar-refractivity contribution in [3.8, 4) is 11.1 Å². The van der Waals surface area contributed by atoms with E-state index in [-0.39, 0.29) is 17.7 Å². The topological polar surface area (TPSA) is 88.3 Å². The second-order valence-corrected chi connectivity index (χ2v) is 9.06. The number of allylic oxidation sites excluding steroid dienone is 2. The first kappa shape index (κ1) is 24.9. The zero-order valence-electron chi connectivity index (χ0n) is 21.0. The van der Waals surface area contributed by atoms with Crippen LogP contribution in [-0.2, 0) is 4.79 Å². The molecule has 38 heavy (non-hydrogen) atoms. The van der Waals surface area contributed by atoms with Crippen LogP contribution in [0.15, 0.2) is 120 Å². The van der Waals surface area contributed by atoms with E-state index in [0.29, 0.717) is 11.3 Å². The van der Waals surface area contributed by atoms with Gasteiger partial charge in [-0.1, -0.05) is 66.8 Å². The molecule has 7 nitrogen and oxygen atoms in total. The molecule has 2 aromatic carbocycles. The first-order chi connectivity index (χ1) is 18.6. The van der Waals surface area contributed by atoms with Crippen molar-refractivity contribution in [2.24, 2.45) is 0 Å². The van der Waals surface area contributed by atoms with Crippen LogP contribution >= 0.6 is 0 Å². The summed E-state index contributed by atoms with van der Waals surface area (Å²) in [6, 6.07) is 19.8. The average Bonchev–Trinajstić information content (AvgIpc) is 3.52. The summed E-state index contributed by atoms with van der Waals surface area (Å²) in [6.45, 7) is 1.94. The van der Waals surface area contributed by atoms with Gasteiger partial charge in [-0.2, -0.15) is 0 Å². The third kappa shape index (κ3) is 5.47. The van der Waals surface area contributed by atoms with Gasteiger partial charge in [-0.3, -0.25) is 19.5 Å². The molecule has 0 radical (unpaired) electrons. The Morgan fingerprint density at radius 2 is 1.71 bits per heavy atom. The van der Waals surface area contributed by atoms with Gasteiger partial charge < -0.3 is 9.73 Å². The lowest BCUT2D eigenvalue weighted by Crippen LogP contribution is -2.46. The summed E-state index contributed by atoms with van der Waals surface area (Å²) in [5, 5.41) is 3.11. The normalized spacial score (nSPS) is 14.3. The second kappa shape index (κ2) is 11.5. The van der Waals surface area contributed by atoms with E-state index in [1.54, 1.807) is 24.5 Å². The summed E-state index contributed by atoms with van der Waals surface area (Å²) in [7, 11) is 0. The molecule has 0 bridgehead atoms. The van der Waals surface area contributed by atoms with Gasteiger partial charge in [0.05, 0.1) is 12.2 Å². The molecule has 1 unspecified atom stereocenters. The maximum atomic E-state index is 13.9. The van der Waals surface area contributed by atoms with Crippen molar-refractivity contribution in [2.45, 2.75) is 31.8 Å². The molecule has 0 fully saturated rings. The maximum absolute atomic E-state index is 13.9. The number of rotatable bonds is 8. The van der Waals surface area contributed by atoms with Gasteiger partial charge in [0.15, 0.2) is 6.39 Å². The van der Waals surface area contributed by atoms with Crippen molar-refractivity contribution in [3.63, 3.8) is 0 Å². The van der Waals surface area contributed by atoms with Crippen LogP contribution in [0.1, 0.15) is 41.9 Å². The van der Waals surface area contributed by atoms with Gasteiger partial charge in [0.2, 0.25) is 11.7 Å². The molecule has 4 aromatic rings. The molecule has 190 valence electrons. The van der Waals surface area contributed by atoms with E-state index in [9.17, 15) is 9.59 Å². The Bertz CT molecular complexity index is 1430. The minimum absolute atomic E-state index is 0.0322. The van der Waals surface area contributed by atoms with Crippen molar-refractivity contribution in [1.82, 2.24) is 15.3 Å². The molecule has 0 saturated heterocycles. The number of anilines is 1. The Balaban J connectivity index is 1.55. The predicted molar refractivity (Wildman–Crippen MR) is 146 cm³/mol. The van der Waals surface area contributed by atoms with Gasteiger partial charge in [0.1, 0.15) is 6.04 Å². The zero-order valence-corrected chi connectivity index (χ0v) is 21.0. The lowest BCUT2D eigenvalue weighted by molar-refractivity contribution is -0.122. The van der Waals surface area contributed by atoms with Crippen molar-refractivity contribution in [1.29, 1.82) is 0 Å². The monoisotopic (exact) mass is 504 g/mol. The number of nitrogens with one attached hydrogen (secondary N) is 1. The van der Waals surface area contributed by atoms with Crippen molar-refractivity contribution >= 4 is 17.5 Å². The third-order valence-electron chi connectivity index (χ3n) is 6.50. The first-order valence-electron chi connectivity index (χ1n) is 12.6. The number of carbonyl (C=O) groups is 2. The van der Waals surface area contributed by atoms with E-state index in [1.165, 1.54) is 17.5 Å². The Hall–Kier alpha value is -4.78. The van der Waals surface area contributed by atoms with E-state index in [0.717, 1.165) is 29.5 Å². The number of carbonyl (C=O) groups excluding carboxylic acids is 2. The molecular formula is C31H28N4O3. The highest BCUT2D eigenvalue weighted by molar-refractivity contribution is 6.08. The van der Waals surface area contributed by atoms with E-state index >= 15 is 0 Å². The summed E-state index contributed by atoms with van der Waals surface area (Å²) in [5.74, 6) is -0.779. The molecule has 2 atom stereocenters. The number of aromatic nitrogens is 2. The Kier molecular flexibility index (Phi) is 7.54. The molecular weight excluding hydrogens is 476 g/mol. The van der Waals surface area contributed by atoms with Crippen LogP contribution in [0.3, 0.4) is 0 Å². The van der Waals surface area contributed by atoms with Crippen LogP contribution in [0.25, 0.3) is 11.1 Å². The van der Waals surface area contributed by atoms with Crippen LogP contribution in [0, 0.1) is 0 Å². The minimum Gasteiger partial charge on any atom is -0.438 e. The second-order valence-electron chi connectivity index (χ2n) is 9.06. The number of amides is 2. The molecule has 2 amide bonds. The molecule has 0 saturated carbocycles. The number of oxazole rings is 1. The SMILES string of the molecule is C[C@H](NC(=O)C(c1cccnc1)N(C(=O)c1cnco1)c1ccc(-c2ccccc2)cc1)C1=CCCC=C1. The fourth-order valence-electron chi connectivity index (χ4n) is 4.55. The summed E-state index contributed by atoms with van der Waals surface area (Å²) < 4.78 is 5.36. The lowest BCUT2D eigenvalue weighted by Gasteiger charge is -2.32. The van der Waals surface area contributed by atoms with Gasteiger partial charge in [-0.25, -0.2) is 4.98 Å². The van der Waals surface area contributed by atoms with Gasteiger partial charge in [-0.15, -0.1) is 0 Å². The van der Waals surface area contributed by atoms with E-state index < -0.39 is 11.9 Å². The number of nitrogens with zero attached hydrogens (tertiary/aromatic N) is 3. The largest absolute Gasteiger partial charge is 0.438 e. The van der Waals surface area contributed by atoms with Crippen LogP contribution < -0.4 is 10.2 Å². The number of hydrogen-bond donors (Lipinski definition) is 1. The highest BCUT2D eigenvalue weighted by Crippen LogP contribution is 2.32. The van der Waals surface area contributed by atoms with Gasteiger partial charge in [-0.05, 0) is 54.7 Å². The maximum Gasteiger partial charge on any atom is 0.296 e. The van der Waals surface area contributed by atoms with Crippen LogP contribution in [0.4, 0.5) is 5.69 Å². The molecule has 1 N–H and O–H groups in total. The molecule has 5 rings (SSSR count). The summed E-state index contributed by atoms with van der Waals surface area (Å²) in [5.41, 5.74) is 4.20. The minimum atomic E-state index is -1.00. The van der Waals surface area contributed by atoms with Crippen LogP contribution in [0.5, 0.6) is 0 Å². The summed E-state index contributed by atoms with van der Waals surface area (Å²) in [6.07, 6.45) is 14.0.